The van der Waals surface area contributed by atoms with E-state index in [2.05, 4.69) is 39.5 Å². The predicted molar refractivity (Wildman–Crippen MR) is 112 cm³/mol. The van der Waals surface area contributed by atoms with Crippen molar-refractivity contribution in [2.45, 2.75) is 52.6 Å². The maximum Gasteiger partial charge on any atom is 0.191 e. The van der Waals surface area contributed by atoms with Crippen molar-refractivity contribution in [1.29, 1.82) is 0 Å². The van der Waals surface area contributed by atoms with Gasteiger partial charge in [-0.05, 0) is 33.6 Å². The molecule has 2 aromatic rings. The van der Waals surface area contributed by atoms with Crippen LogP contribution >= 0.6 is 35.3 Å². The molecule has 138 valence electrons. The lowest BCUT2D eigenvalue weighted by Gasteiger charge is -2.25. The van der Waals surface area contributed by atoms with Crippen LogP contribution in [0.3, 0.4) is 0 Å². The summed E-state index contributed by atoms with van der Waals surface area (Å²) in [6.07, 6.45) is 4.94. The van der Waals surface area contributed by atoms with Crippen LogP contribution < -0.4 is 10.6 Å². The van der Waals surface area contributed by atoms with Crippen LogP contribution in [0.25, 0.3) is 0 Å². The zero-order chi connectivity index (χ0) is 16.9. The molecule has 0 spiro atoms. The van der Waals surface area contributed by atoms with Gasteiger partial charge in [-0.2, -0.15) is 5.10 Å². The zero-order valence-electron chi connectivity index (χ0n) is 14.9. The summed E-state index contributed by atoms with van der Waals surface area (Å²) < 4.78 is 2.01. The molecule has 1 aliphatic rings. The van der Waals surface area contributed by atoms with Gasteiger partial charge in [0.25, 0.3) is 0 Å². The molecule has 1 atom stereocenters. The Morgan fingerprint density at radius 3 is 3.00 bits per heavy atom. The molecule has 3 heterocycles. The van der Waals surface area contributed by atoms with Gasteiger partial charge in [0.1, 0.15) is 11.6 Å². The van der Waals surface area contributed by atoms with Gasteiger partial charge in [-0.25, -0.2) is 14.6 Å². The molecular weight excluding hydrogens is 449 g/mol. The number of nitrogens with one attached hydrogen (secondary N) is 2. The third-order valence-corrected chi connectivity index (χ3v) is 4.87. The second-order valence-corrected chi connectivity index (χ2v) is 7.27. The van der Waals surface area contributed by atoms with Crippen molar-refractivity contribution in [1.82, 2.24) is 30.4 Å². The van der Waals surface area contributed by atoms with Crippen LogP contribution in [0.15, 0.2) is 11.2 Å². The molecule has 0 amide bonds. The minimum Gasteiger partial charge on any atom is -0.357 e. The number of aromatic nitrogens is 4. The first-order chi connectivity index (χ1) is 11.7. The van der Waals surface area contributed by atoms with Crippen LogP contribution in [0.2, 0.25) is 0 Å². The Morgan fingerprint density at radius 2 is 2.28 bits per heavy atom. The van der Waals surface area contributed by atoms with Crippen molar-refractivity contribution >= 4 is 41.3 Å². The van der Waals surface area contributed by atoms with Crippen molar-refractivity contribution in [3.05, 3.63) is 27.7 Å². The molecule has 25 heavy (non-hydrogen) atoms. The van der Waals surface area contributed by atoms with E-state index in [-0.39, 0.29) is 30.0 Å². The summed E-state index contributed by atoms with van der Waals surface area (Å²) in [7, 11) is 0. The Bertz CT molecular complexity index is 709. The van der Waals surface area contributed by atoms with Crippen LogP contribution in [0.4, 0.5) is 0 Å². The fraction of sp³-hybridized carbons (Fsp3) is 0.625. The van der Waals surface area contributed by atoms with Crippen molar-refractivity contribution in [3.63, 3.8) is 0 Å². The van der Waals surface area contributed by atoms with E-state index >= 15 is 0 Å². The Hall–Kier alpha value is -1.23. The molecule has 0 bridgehead atoms. The number of hydrogen-bond donors (Lipinski definition) is 2. The number of hydrogen-bond acceptors (Lipinski definition) is 5. The third kappa shape index (κ3) is 5.37. The monoisotopic (exact) mass is 475 g/mol. The molecule has 2 aromatic heterocycles. The van der Waals surface area contributed by atoms with E-state index in [1.165, 1.54) is 4.88 Å². The molecule has 1 unspecified atom stereocenters. The van der Waals surface area contributed by atoms with E-state index in [0.717, 1.165) is 61.5 Å². The highest BCUT2D eigenvalue weighted by Gasteiger charge is 2.24. The summed E-state index contributed by atoms with van der Waals surface area (Å²) in [6.45, 7) is 8.61. The van der Waals surface area contributed by atoms with E-state index in [4.69, 9.17) is 4.99 Å². The van der Waals surface area contributed by atoms with Crippen molar-refractivity contribution < 1.29 is 0 Å². The van der Waals surface area contributed by atoms with E-state index in [9.17, 15) is 0 Å². The van der Waals surface area contributed by atoms with Crippen LogP contribution in [0.5, 0.6) is 0 Å². The quantitative estimate of drug-likeness (QED) is 0.395. The minimum atomic E-state index is 0. The normalized spacial score (nSPS) is 16.9. The Balaban J connectivity index is 0.00000225. The Labute approximate surface area is 169 Å². The maximum absolute atomic E-state index is 4.70. The third-order valence-electron chi connectivity index (χ3n) is 3.90. The van der Waals surface area contributed by atoms with Crippen molar-refractivity contribution in [2.75, 3.05) is 13.1 Å². The van der Waals surface area contributed by atoms with Crippen LogP contribution in [0.1, 0.15) is 47.3 Å². The molecule has 2 N–H and O–H groups in total. The molecule has 0 aliphatic carbocycles. The number of thiazole rings is 1. The molecular formula is C16H26IN7S. The summed E-state index contributed by atoms with van der Waals surface area (Å²) in [6, 6.07) is 0.167. The van der Waals surface area contributed by atoms with Crippen LogP contribution in [-0.4, -0.2) is 38.8 Å². The number of fused-ring (bicyclic) bond motifs is 1. The number of halogens is 1. The van der Waals surface area contributed by atoms with Gasteiger partial charge in [0.05, 0.1) is 11.0 Å². The SMILES string of the molecule is CCNC(=NCCc1ncc(C)s1)NC1CCCn2nc(C)nc21.I. The topological polar surface area (TPSA) is 80.0 Å². The molecule has 0 aromatic carbocycles. The van der Waals surface area contributed by atoms with Crippen LogP contribution in [0, 0.1) is 13.8 Å². The summed E-state index contributed by atoms with van der Waals surface area (Å²) in [4.78, 5) is 14.9. The first kappa shape index (κ1) is 20.1. The van der Waals surface area contributed by atoms with Crippen molar-refractivity contribution in [2.24, 2.45) is 4.99 Å². The van der Waals surface area contributed by atoms with E-state index < -0.39 is 0 Å². The van der Waals surface area contributed by atoms with Crippen molar-refractivity contribution in [3.8, 4) is 0 Å². The average Bonchev–Trinajstić information content (AvgIpc) is 3.13. The number of aliphatic imine (C=N–C) groups is 1. The van der Waals surface area contributed by atoms with Gasteiger partial charge in [-0.15, -0.1) is 35.3 Å². The largest absolute Gasteiger partial charge is 0.357 e. The molecule has 7 nitrogen and oxygen atoms in total. The summed E-state index contributed by atoms with van der Waals surface area (Å²) in [5.74, 6) is 2.68. The molecule has 1 aliphatic heterocycles. The number of aryl methyl sites for hydroxylation is 3. The summed E-state index contributed by atoms with van der Waals surface area (Å²) in [5, 5.41) is 12.4. The fourth-order valence-electron chi connectivity index (χ4n) is 2.87. The Kier molecular flexibility index (Phi) is 7.60. The van der Waals surface area contributed by atoms with E-state index in [1.54, 1.807) is 11.3 Å². The lowest BCUT2D eigenvalue weighted by atomic mass is 10.1. The minimum absolute atomic E-state index is 0. The highest BCUT2D eigenvalue weighted by atomic mass is 127. The van der Waals surface area contributed by atoms with E-state index in [0.29, 0.717) is 0 Å². The molecule has 0 saturated carbocycles. The summed E-state index contributed by atoms with van der Waals surface area (Å²) in [5.41, 5.74) is 0. The summed E-state index contributed by atoms with van der Waals surface area (Å²) >= 11 is 1.74. The maximum atomic E-state index is 4.70. The lowest BCUT2D eigenvalue weighted by molar-refractivity contribution is 0.397. The Morgan fingerprint density at radius 1 is 1.44 bits per heavy atom. The molecule has 0 radical (unpaired) electrons. The second kappa shape index (κ2) is 9.46. The van der Waals surface area contributed by atoms with Crippen LogP contribution in [-0.2, 0) is 13.0 Å². The highest BCUT2D eigenvalue weighted by Crippen LogP contribution is 2.22. The standard InChI is InChI=1S/C16H25N7S.HI/c1-4-17-16(18-8-7-14-19-10-11(2)24-14)21-13-6-5-9-23-15(13)20-12(3)22-23;/h10,13H,4-9H2,1-3H3,(H2,17,18,21);1H. The van der Waals surface area contributed by atoms with Gasteiger partial charge < -0.3 is 10.6 Å². The zero-order valence-corrected chi connectivity index (χ0v) is 18.1. The van der Waals surface area contributed by atoms with Gasteiger partial charge in [0.15, 0.2) is 5.96 Å². The highest BCUT2D eigenvalue weighted by molar-refractivity contribution is 14.0. The van der Waals surface area contributed by atoms with E-state index in [1.807, 2.05) is 17.8 Å². The number of nitrogens with zero attached hydrogens (tertiary/aromatic N) is 5. The first-order valence-electron chi connectivity index (χ1n) is 8.53. The average molecular weight is 475 g/mol. The second-order valence-electron chi connectivity index (χ2n) is 5.95. The molecule has 3 rings (SSSR count). The van der Waals surface area contributed by atoms with Gasteiger partial charge >= 0.3 is 0 Å². The lowest BCUT2D eigenvalue weighted by Crippen LogP contribution is -2.41. The first-order valence-corrected chi connectivity index (χ1v) is 9.35. The molecule has 0 saturated heterocycles. The molecule has 0 fully saturated rings. The predicted octanol–water partition coefficient (Wildman–Crippen LogP) is 2.60. The van der Waals surface area contributed by atoms with Gasteiger partial charge in [-0.1, -0.05) is 0 Å². The fourth-order valence-corrected chi connectivity index (χ4v) is 3.65. The molecule has 9 heteroatoms. The van der Waals surface area contributed by atoms with Gasteiger partial charge in [0, 0.05) is 37.1 Å². The number of guanidine groups is 1. The van der Waals surface area contributed by atoms with Gasteiger partial charge in [0.2, 0.25) is 0 Å². The smallest absolute Gasteiger partial charge is 0.191 e. The number of rotatable bonds is 5. The van der Waals surface area contributed by atoms with Gasteiger partial charge in [-0.3, -0.25) is 4.99 Å².